The fourth-order valence-electron chi connectivity index (χ4n) is 3.01. The fourth-order valence-corrected chi connectivity index (χ4v) is 3.01. The maximum absolute atomic E-state index is 12.7. The van der Waals surface area contributed by atoms with E-state index in [0.29, 0.717) is 11.4 Å². The summed E-state index contributed by atoms with van der Waals surface area (Å²) in [6.07, 6.45) is 0. The van der Waals surface area contributed by atoms with E-state index >= 15 is 0 Å². The number of hydrogen-bond donors (Lipinski definition) is 4. The molecule has 32 heavy (non-hydrogen) atoms. The highest BCUT2D eigenvalue weighted by Crippen LogP contribution is 2.38. The number of nitrogens with one attached hydrogen (secondary N) is 3. The Hall–Kier alpha value is -4.05. The first-order valence-electron chi connectivity index (χ1n) is 9.64. The van der Waals surface area contributed by atoms with Crippen molar-refractivity contribution in [3.63, 3.8) is 0 Å². The van der Waals surface area contributed by atoms with Crippen LogP contribution in [-0.4, -0.2) is 61.1 Å². The summed E-state index contributed by atoms with van der Waals surface area (Å²) in [6, 6.07) is 12.8. The molecule has 0 aliphatic heterocycles. The van der Waals surface area contributed by atoms with Crippen LogP contribution in [0, 0.1) is 0 Å². The number of carbonyl (C=O) groups excluding carboxylic acids is 2. The van der Waals surface area contributed by atoms with Crippen molar-refractivity contribution in [2.45, 2.75) is 6.04 Å². The normalized spacial score (nSPS) is 11.4. The van der Waals surface area contributed by atoms with E-state index in [4.69, 9.17) is 14.2 Å². The van der Waals surface area contributed by atoms with Gasteiger partial charge in [-0.3, -0.25) is 14.7 Å². The number of aliphatic hydroxyl groups is 1. The molecule has 3 rings (SSSR count). The van der Waals surface area contributed by atoms with Gasteiger partial charge in [0.25, 0.3) is 11.8 Å². The number of aromatic amines is 1. The smallest absolute Gasteiger partial charge is 0.252 e. The molecule has 168 valence electrons. The Morgan fingerprint density at radius 2 is 1.69 bits per heavy atom. The first-order valence-corrected chi connectivity index (χ1v) is 9.64. The first kappa shape index (κ1) is 22.6. The maximum Gasteiger partial charge on any atom is 0.252 e. The summed E-state index contributed by atoms with van der Waals surface area (Å²) in [7, 11) is 4.30. The molecule has 0 aliphatic carbocycles. The summed E-state index contributed by atoms with van der Waals surface area (Å²) in [5.41, 5.74) is 1.77. The minimum absolute atomic E-state index is 0.164. The third-order valence-electron chi connectivity index (χ3n) is 4.65. The maximum atomic E-state index is 12.7. The van der Waals surface area contributed by atoms with E-state index in [2.05, 4.69) is 20.8 Å². The van der Waals surface area contributed by atoms with Gasteiger partial charge in [0.15, 0.2) is 17.3 Å². The molecule has 0 fully saturated rings. The number of aliphatic hydroxyl groups excluding tert-OH is 1. The van der Waals surface area contributed by atoms with Crippen LogP contribution in [0.1, 0.15) is 10.4 Å². The standard InChI is InChI=1S/C22H24N4O6/c1-30-17-9-14(10-18(31-2)20(17)32-3)21(28)23-16(12-27)22(29)24-19-11-15(25-26-19)13-7-5-4-6-8-13/h4-11,16,27H,12H2,1-3H3,(H,23,28)(H2,24,25,26,29)/t16-/m0/s1. The zero-order valence-electron chi connectivity index (χ0n) is 17.8. The minimum Gasteiger partial charge on any atom is -0.493 e. The van der Waals surface area contributed by atoms with Gasteiger partial charge in [0.1, 0.15) is 6.04 Å². The molecule has 0 saturated heterocycles. The Bertz CT molecular complexity index is 1060. The van der Waals surface area contributed by atoms with Crippen molar-refractivity contribution in [1.82, 2.24) is 15.5 Å². The second-order valence-electron chi connectivity index (χ2n) is 6.64. The second-order valence-corrected chi connectivity index (χ2v) is 6.64. The average Bonchev–Trinajstić information content (AvgIpc) is 3.30. The van der Waals surface area contributed by atoms with Crippen LogP contribution in [0.25, 0.3) is 11.3 Å². The van der Waals surface area contributed by atoms with Crippen LogP contribution in [0.2, 0.25) is 0 Å². The van der Waals surface area contributed by atoms with E-state index in [-0.39, 0.29) is 22.9 Å². The van der Waals surface area contributed by atoms with E-state index in [0.717, 1.165) is 5.56 Å². The third kappa shape index (κ3) is 4.98. The summed E-state index contributed by atoms with van der Waals surface area (Å²) in [4.78, 5) is 25.3. The molecule has 3 aromatic rings. The van der Waals surface area contributed by atoms with Gasteiger partial charge >= 0.3 is 0 Å². The van der Waals surface area contributed by atoms with E-state index < -0.39 is 24.5 Å². The van der Waals surface area contributed by atoms with Crippen LogP contribution in [0.5, 0.6) is 17.2 Å². The number of nitrogens with zero attached hydrogens (tertiary/aromatic N) is 1. The first-order chi connectivity index (χ1) is 15.5. The van der Waals surface area contributed by atoms with Crippen LogP contribution < -0.4 is 24.8 Å². The SMILES string of the molecule is COc1cc(C(=O)N[C@@H](CO)C(=O)Nc2cc(-c3ccccc3)[nH]n2)cc(OC)c1OC. The number of H-pyrrole nitrogens is 1. The molecule has 2 amide bonds. The van der Waals surface area contributed by atoms with Gasteiger partial charge in [0, 0.05) is 11.6 Å². The predicted molar refractivity (Wildman–Crippen MR) is 117 cm³/mol. The zero-order valence-corrected chi connectivity index (χ0v) is 17.8. The van der Waals surface area contributed by atoms with E-state index in [1.807, 2.05) is 30.3 Å². The zero-order chi connectivity index (χ0) is 23.1. The molecule has 1 aromatic heterocycles. The summed E-state index contributed by atoms with van der Waals surface area (Å²) in [5, 5.41) is 21.6. The van der Waals surface area contributed by atoms with Crippen LogP contribution in [0.3, 0.4) is 0 Å². The molecule has 4 N–H and O–H groups in total. The third-order valence-corrected chi connectivity index (χ3v) is 4.65. The summed E-state index contributed by atoms with van der Waals surface area (Å²) >= 11 is 0. The van der Waals surface area contributed by atoms with Crippen molar-refractivity contribution >= 4 is 17.6 Å². The Labute approximate surface area is 184 Å². The highest BCUT2D eigenvalue weighted by molar-refractivity contribution is 6.01. The van der Waals surface area contributed by atoms with Gasteiger partial charge in [0.05, 0.1) is 33.6 Å². The van der Waals surface area contributed by atoms with Gasteiger partial charge in [-0.2, -0.15) is 5.10 Å². The lowest BCUT2D eigenvalue weighted by atomic mass is 10.1. The van der Waals surface area contributed by atoms with Gasteiger partial charge in [-0.1, -0.05) is 30.3 Å². The molecule has 10 heteroatoms. The molecule has 0 radical (unpaired) electrons. The van der Waals surface area contributed by atoms with E-state index in [1.54, 1.807) is 6.07 Å². The molecule has 1 atom stereocenters. The number of hydrogen-bond acceptors (Lipinski definition) is 7. The van der Waals surface area contributed by atoms with Crippen LogP contribution >= 0.6 is 0 Å². The van der Waals surface area contributed by atoms with Crippen molar-refractivity contribution < 1.29 is 28.9 Å². The molecule has 0 unspecified atom stereocenters. The lowest BCUT2D eigenvalue weighted by Gasteiger charge is -2.17. The molecular formula is C22H24N4O6. The van der Waals surface area contributed by atoms with Gasteiger partial charge in [-0.15, -0.1) is 0 Å². The molecular weight excluding hydrogens is 416 g/mol. The molecule has 0 bridgehead atoms. The molecule has 2 aromatic carbocycles. The predicted octanol–water partition coefficient (Wildman–Crippen LogP) is 1.83. The quantitative estimate of drug-likeness (QED) is 0.399. The van der Waals surface area contributed by atoms with Crippen molar-refractivity contribution in [2.24, 2.45) is 0 Å². The van der Waals surface area contributed by atoms with Gasteiger partial charge in [-0.25, -0.2) is 0 Å². The topological polar surface area (TPSA) is 135 Å². The highest BCUT2D eigenvalue weighted by Gasteiger charge is 2.24. The van der Waals surface area contributed by atoms with Crippen LogP contribution in [0.4, 0.5) is 5.82 Å². The van der Waals surface area contributed by atoms with Gasteiger partial charge in [0.2, 0.25) is 5.75 Å². The highest BCUT2D eigenvalue weighted by atomic mass is 16.5. The molecule has 10 nitrogen and oxygen atoms in total. The number of rotatable bonds is 9. The summed E-state index contributed by atoms with van der Waals surface area (Å²) in [5.74, 6) is -0.0751. The van der Waals surface area contributed by atoms with Crippen molar-refractivity contribution in [2.75, 3.05) is 33.3 Å². The van der Waals surface area contributed by atoms with Crippen LogP contribution in [-0.2, 0) is 4.79 Å². The Balaban J connectivity index is 1.72. The number of carbonyl (C=O) groups is 2. The van der Waals surface area contributed by atoms with Crippen molar-refractivity contribution in [3.8, 4) is 28.5 Å². The van der Waals surface area contributed by atoms with Crippen molar-refractivity contribution in [1.29, 1.82) is 0 Å². The number of ether oxygens (including phenoxy) is 3. The van der Waals surface area contributed by atoms with Gasteiger partial charge in [-0.05, 0) is 17.7 Å². The Kier molecular flexibility index (Phi) is 7.29. The molecule has 0 spiro atoms. The lowest BCUT2D eigenvalue weighted by molar-refractivity contribution is -0.118. The Morgan fingerprint density at radius 1 is 1.03 bits per heavy atom. The number of benzene rings is 2. The van der Waals surface area contributed by atoms with E-state index in [9.17, 15) is 14.7 Å². The fraction of sp³-hybridized carbons (Fsp3) is 0.227. The molecule has 0 aliphatic rings. The van der Waals surface area contributed by atoms with E-state index in [1.165, 1.54) is 33.5 Å². The number of amides is 2. The van der Waals surface area contributed by atoms with Crippen molar-refractivity contribution in [3.05, 3.63) is 54.1 Å². The Morgan fingerprint density at radius 3 is 2.25 bits per heavy atom. The summed E-state index contributed by atoms with van der Waals surface area (Å²) in [6.45, 7) is -0.613. The molecule has 1 heterocycles. The van der Waals surface area contributed by atoms with Crippen LogP contribution in [0.15, 0.2) is 48.5 Å². The average molecular weight is 440 g/mol. The number of aromatic nitrogens is 2. The monoisotopic (exact) mass is 440 g/mol. The second kappa shape index (κ2) is 10.3. The number of methoxy groups -OCH3 is 3. The summed E-state index contributed by atoms with van der Waals surface area (Å²) < 4.78 is 15.7. The van der Waals surface area contributed by atoms with Gasteiger partial charge < -0.3 is 30.0 Å². The lowest BCUT2D eigenvalue weighted by Crippen LogP contribution is -2.46. The largest absolute Gasteiger partial charge is 0.493 e. The minimum atomic E-state index is -1.21. The number of anilines is 1. The molecule has 0 saturated carbocycles.